The maximum atomic E-state index is 13.7. The van der Waals surface area contributed by atoms with E-state index in [1.165, 1.54) is 0 Å². The largest absolute Gasteiger partial charge is 0.598 e. The maximum absolute atomic E-state index is 13.7. The molecule has 0 bridgehead atoms. The van der Waals surface area contributed by atoms with Gasteiger partial charge in [0.1, 0.15) is 4.75 Å². The maximum Gasteiger partial charge on any atom is 0.410 e. The molecule has 0 aliphatic carbocycles. The minimum Gasteiger partial charge on any atom is -0.598 e. The van der Waals surface area contributed by atoms with Crippen LogP contribution in [0.25, 0.3) is 10.4 Å². The SMILES string of the molecule is CC[C@@H](O[Si](c1ccccc1)(c1ccccc1)C(C)(C)C)[C@@]1(C)OC(=O)N(CCCCN=[N+]=[N-])[C@@H]1[C@@H](C)N[S+]([O-])C(C)(C)C. The van der Waals surface area contributed by atoms with Crippen molar-refractivity contribution in [1.82, 2.24) is 9.62 Å². The van der Waals surface area contributed by atoms with Gasteiger partial charge in [0, 0.05) is 29.4 Å². The first kappa shape index (κ1) is 35.9. The Morgan fingerprint density at radius 1 is 1.09 bits per heavy atom. The Bertz CT molecular complexity index is 1230. The number of benzene rings is 2. The van der Waals surface area contributed by atoms with Gasteiger partial charge in [0.05, 0.1) is 18.2 Å². The van der Waals surface area contributed by atoms with Gasteiger partial charge in [0.25, 0.3) is 8.32 Å². The predicted octanol–water partition coefficient (Wildman–Crippen LogP) is 6.45. The minimum absolute atomic E-state index is 0.268. The van der Waals surface area contributed by atoms with Crippen molar-refractivity contribution < 1.29 is 18.5 Å². The summed E-state index contributed by atoms with van der Waals surface area (Å²) >= 11 is -1.37. The average molecular weight is 642 g/mol. The first-order valence-electron chi connectivity index (χ1n) is 15.6. The average Bonchev–Trinajstić information content (AvgIpc) is 3.22. The summed E-state index contributed by atoms with van der Waals surface area (Å²) < 4.78 is 30.1. The van der Waals surface area contributed by atoms with Crippen molar-refractivity contribution >= 4 is 36.1 Å². The van der Waals surface area contributed by atoms with Crippen molar-refractivity contribution in [3.05, 3.63) is 71.1 Å². The first-order valence-corrected chi connectivity index (χ1v) is 18.7. The predicted molar refractivity (Wildman–Crippen MR) is 182 cm³/mol. The Balaban J connectivity index is 2.14. The second kappa shape index (κ2) is 14.7. The third-order valence-electron chi connectivity index (χ3n) is 8.50. The second-order valence-corrected chi connectivity index (χ2v) is 20.1. The Hall–Kier alpha value is -2.53. The zero-order valence-electron chi connectivity index (χ0n) is 27.9. The molecule has 2 aromatic rings. The number of hydrogen-bond donors (Lipinski definition) is 1. The van der Waals surface area contributed by atoms with E-state index in [-0.39, 0.29) is 11.1 Å². The highest BCUT2D eigenvalue weighted by atomic mass is 32.2. The topological polar surface area (TPSA) is 123 Å². The van der Waals surface area contributed by atoms with Gasteiger partial charge in [-0.1, -0.05) is 93.5 Å². The van der Waals surface area contributed by atoms with Gasteiger partial charge in [-0.05, 0) is 74.8 Å². The zero-order chi connectivity index (χ0) is 32.8. The van der Waals surface area contributed by atoms with Gasteiger partial charge in [-0.3, -0.25) is 4.90 Å². The number of carbonyl (C=O) groups is 1. The summed E-state index contributed by atoms with van der Waals surface area (Å²) in [4.78, 5) is 18.3. The summed E-state index contributed by atoms with van der Waals surface area (Å²) in [5.41, 5.74) is 7.62. The van der Waals surface area contributed by atoms with Crippen LogP contribution in [0.4, 0.5) is 4.79 Å². The van der Waals surface area contributed by atoms with E-state index < -0.39 is 48.3 Å². The van der Waals surface area contributed by atoms with Gasteiger partial charge >= 0.3 is 6.09 Å². The molecule has 242 valence electrons. The summed E-state index contributed by atoms with van der Waals surface area (Å²) in [5, 5.41) is 5.68. The third-order valence-corrected chi connectivity index (χ3v) is 15.2. The fourth-order valence-corrected chi connectivity index (χ4v) is 12.1. The van der Waals surface area contributed by atoms with Crippen LogP contribution in [0.1, 0.15) is 81.6 Å². The third kappa shape index (κ3) is 7.63. The summed E-state index contributed by atoms with van der Waals surface area (Å²) in [7, 11) is -3.00. The van der Waals surface area contributed by atoms with Crippen molar-refractivity contribution in [2.24, 2.45) is 5.11 Å². The number of amides is 1. The molecule has 0 spiro atoms. The highest BCUT2D eigenvalue weighted by molar-refractivity contribution is 7.90. The van der Waals surface area contributed by atoms with E-state index in [1.54, 1.807) is 4.90 Å². The Kier molecular flexibility index (Phi) is 12.0. The fourth-order valence-electron chi connectivity index (χ4n) is 6.41. The molecule has 2 aromatic carbocycles. The lowest BCUT2D eigenvalue weighted by atomic mass is 9.84. The Morgan fingerprint density at radius 3 is 2.09 bits per heavy atom. The van der Waals surface area contributed by atoms with Crippen molar-refractivity contribution in [1.29, 1.82) is 0 Å². The molecule has 1 heterocycles. The van der Waals surface area contributed by atoms with Gasteiger partial charge in [0.2, 0.25) is 0 Å². The molecular weight excluding hydrogens is 591 g/mol. The number of azide groups is 1. The number of hydrogen-bond acceptors (Lipinski definition) is 6. The van der Waals surface area contributed by atoms with Crippen LogP contribution in [0.3, 0.4) is 0 Å². The molecular formula is C33H51N5O4SSi. The lowest BCUT2D eigenvalue weighted by Gasteiger charge is -2.49. The molecule has 5 atom stereocenters. The highest BCUT2D eigenvalue weighted by Crippen LogP contribution is 2.43. The van der Waals surface area contributed by atoms with Crippen LogP contribution < -0.4 is 15.1 Å². The number of ether oxygens (including phenoxy) is 1. The summed E-state index contributed by atoms with van der Waals surface area (Å²) in [6, 6.07) is 20.1. The molecule has 44 heavy (non-hydrogen) atoms. The molecule has 1 aliphatic heterocycles. The Labute approximate surface area is 268 Å². The molecule has 1 unspecified atom stereocenters. The normalized spacial score (nSPS) is 21.4. The van der Waals surface area contributed by atoms with E-state index in [1.807, 2.05) is 46.8 Å². The molecule has 0 aromatic heterocycles. The quantitative estimate of drug-likeness (QED) is 0.0634. The van der Waals surface area contributed by atoms with Gasteiger partial charge in [-0.25, -0.2) is 4.79 Å². The van der Waals surface area contributed by atoms with Crippen molar-refractivity contribution in [2.75, 3.05) is 13.1 Å². The van der Waals surface area contributed by atoms with Gasteiger partial charge < -0.3 is 13.7 Å². The van der Waals surface area contributed by atoms with Gasteiger partial charge in [-0.2, -0.15) is 0 Å². The summed E-state index contributed by atoms with van der Waals surface area (Å²) in [6.45, 7) is 19.3. The van der Waals surface area contributed by atoms with Crippen LogP contribution in [0.5, 0.6) is 0 Å². The molecule has 1 aliphatic rings. The zero-order valence-corrected chi connectivity index (χ0v) is 29.7. The van der Waals surface area contributed by atoms with Crippen LogP contribution in [0.15, 0.2) is 65.8 Å². The highest BCUT2D eigenvalue weighted by Gasteiger charge is 2.61. The van der Waals surface area contributed by atoms with Gasteiger partial charge in [0.15, 0.2) is 5.60 Å². The minimum atomic E-state index is -3.00. The van der Waals surface area contributed by atoms with Crippen molar-refractivity contribution in [2.45, 2.75) is 115 Å². The number of carbonyl (C=O) groups excluding carboxylic acids is 1. The number of cyclic esters (lactones) is 1. The van der Waals surface area contributed by atoms with E-state index in [0.717, 1.165) is 10.4 Å². The van der Waals surface area contributed by atoms with Crippen LogP contribution in [0.2, 0.25) is 5.04 Å². The van der Waals surface area contributed by atoms with E-state index >= 15 is 0 Å². The lowest BCUT2D eigenvalue weighted by Crippen LogP contribution is -2.71. The van der Waals surface area contributed by atoms with E-state index in [4.69, 9.17) is 14.7 Å². The van der Waals surface area contributed by atoms with E-state index in [9.17, 15) is 9.35 Å². The standard InChI is InChI=1S/C33H51N5O4SSi/c1-10-28(42-44(32(6,7)8,26-19-13-11-14-20-26)27-21-15-12-16-22-27)33(9)29(25(2)36-43(40)31(3,4)5)38(30(39)41-33)24-18-17-23-35-37-34/h11-16,19-22,25,28-29,36H,10,17-18,23-24H2,1-9H3/t25-,28-,29-,33-,43?/m1/s1. The van der Waals surface area contributed by atoms with E-state index in [0.29, 0.717) is 32.4 Å². The van der Waals surface area contributed by atoms with Gasteiger partial charge in [-0.15, -0.1) is 4.72 Å². The number of rotatable bonds is 14. The molecule has 0 radical (unpaired) electrons. The second-order valence-electron chi connectivity index (χ2n) is 13.8. The van der Waals surface area contributed by atoms with Crippen molar-refractivity contribution in [3.63, 3.8) is 0 Å². The smallest absolute Gasteiger partial charge is 0.410 e. The fraction of sp³-hybridized carbons (Fsp3) is 0.606. The monoisotopic (exact) mass is 641 g/mol. The van der Waals surface area contributed by atoms with Crippen molar-refractivity contribution in [3.8, 4) is 0 Å². The Morgan fingerprint density at radius 2 is 1.64 bits per heavy atom. The molecule has 1 N–H and O–H groups in total. The van der Waals surface area contributed by atoms with Crippen LogP contribution in [0, 0.1) is 0 Å². The van der Waals surface area contributed by atoms with Crippen LogP contribution in [-0.2, 0) is 20.5 Å². The number of nitrogens with zero attached hydrogens (tertiary/aromatic N) is 4. The molecule has 9 nitrogen and oxygen atoms in total. The molecule has 3 rings (SSSR count). The summed E-state index contributed by atoms with van der Waals surface area (Å²) in [5.74, 6) is 0. The number of nitrogens with one attached hydrogen (secondary N) is 1. The molecule has 11 heteroatoms. The lowest BCUT2D eigenvalue weighted by molar-refractivity contribution is -0.0572. The number of unbranched alkanes of at least 4 members (excludes halogenated alkanes) is 1. The molecule has 1 saturated heterocycles. The molecule has 1 amide bonds. The molecule has 1 fully saturated rings. The van der Waals surface area contributed by atoms with Crippen LogP contribution in [-0.4, -0.2) is 65.5 Å². The van der Waals surface area contributed by atoms with E-state index in [2.05, 4.69) is 91.0 Å². The van der Waals surface area contributed by atoms with Crippen LogP contribution >= 0.6 is 0 Å². The summed E-state index contributed by atoms with van der Waals surface area (Å²) in [6.07, 6.45) is 0.999. The molecule has 0 saturated carbocycles. The first-order chi connectivity index (χ1) is 20.6.